The Bertz CT molecular complexity index is 445. The minimum absolute atomic E-state index is 0.448. The highest BCUT2D eigenvalue weighted by Gasteiger charge is 2.13. The standard InChI is InChI=1S/C16H22N2O/c1-13-7-8-16(14(11-13)12-17)18-9-10-19-15-5-3-2-4-6-15/h7-8,11,15,18H,2-6,9-10H2,1H3. The molecular weight excluding hydrogens is 236 g/mol. The van der Waals surface area contributed by atoms with Gasteiger partial charge in [-0.15, -0.1) is 0 Å². The van der Waals surface area contributed by atoms with Crippen molar-refractivity contribution in [3.8, 4) is 6.07 Å². The summed E-state index contributed by atoms with van der Waals surface area (Å²) in [5.74, 6) is 0. The molecule has 3 heteroatoms. The number of hydrogen-bond donors (Lipinski definition) is 1. The normalized spacial score (nSPS) is 16.0. The van der Waals surface area contributed by atoms with Crippen LogP contribution < -0.4 is 5.32 Å². The number of nitrogens with one attached hydrogen (secondary N) is 1. The first-order valence-corrected chi connectivity index (χ1v) is 7.16. The quantitative estimate of drug-likeness (QED) is 0.820. The number of ether oxygens (including phenoxy) is 1. The van der Waals surface area contributed by atoms with Gasteiger partial charge < -0.3 is 10.1 Å². The molecule has 1 aromatic rings. The lowest BCUT2D eigenvalue weighted by Gasteiger charge is -2.22. The van der Waals surface area contributed by atoms with Crippen LogP contribution in [0.3, 0.4) is 0 Å². The second-order valence-electron chi connectivity index (χ2n) is 5.22. The predicted octanol–water partition coefficient (Wildman–Crippen LogP) is 3.63. The molecule has 19 heavy (non-hydrogen) atoms. The van der Waals surface area contributed by atoms with Crippen LogP contribution in [-0.4, -0.2) is 19.3 Å². The van der Waals surface area contributed by atoms with E-state index in [0.29, 0.717) is 18.3 Å². The Hall–Kier alpha value is -1.53. The van der Waals surface area contributed by atoms with Gasteiger partial charge in [-0.3, -0.25) is 0 Å². The van der Waals surface area contributed by atoms with Crippen molar-refractivity contribution in [2.75, 3.05) is 18.5 Å². The first kappa shape index (κ1) is 13.9. The Morgan fingerprint density at radius 2 is 2.11 bits per heavy atom. The summed E-state index contributed by atoms with van der Waals surface area (Å²) in [4.78, 5) is 0. The molecule has 1 N–H and O–H groups in total. The van der Waals surface area contributed by atoms with Crippen molar-refractivity contribution in [3.63, 3.8) is 0 Å². The fraction of sp³-hybridized carbons (Fsp3) is 0.562. The van der Waals surface area contributed by atoms with E-state index in [-0.39, 0.29) is 0 Å². The van der Waals surface area contributed by atoms with Gasteiger partial charge in [0.05, 0.1) is 24.0 Å². The zero-order valence-corrected chi connectivity index (χ0v) is 11.6. The Morgan fingerprint density at radius 1 is 1.32 bits per heavy atom. The van der Waals surface area contributed by atoms with Gasteiger partial charge in [0.15, 0.2) is 0 Å². The molecule has 1 aromatic carbocycles. The third kappa shape index (κ3) is 4.25. The van der Waals surface area contributed by atoms with E-state index in [1.54, 1.807) is 0 Å². The molecule has 0 radical (unpaired) electrons. The van der Waals surface area contributed by atoms with Crippen LogP contribution in [0.1, 0.15) is 43.2 Å². The zero-order valence-electron chi connectivity index (χ0n) is 11.6. The van der Waals surface area contributed by atoms with E-state index in [1.165, 1.54) is 32.1 Å². The number of nitrogens with zero attached hydrogens (tertiary/aromatic N) is 1. The zero-order chi connectivity index (χ0) is 13.5. The van der Waals surface area contributed by atoms with E-state index in [2.05, 4.69) is 11.4 Å². The number of nitriles is 1. The summed E-state index contributed by atoms with van der Waals surface area (Å²) < 4.78 is 5.86. The maximum Gasteiger partial charge on any atom is 0.101 e. The Labute approximate surface area is 115 Å². The van der Waals surface area contributed by atoms with Crippen molar-refractivity contribution in [2.24, 2.45) is 0 Å². The number of hydrogen-bond acceptors (Lipinski definition) is 3. The van der Waals surface area contributed by atoms with Crippen molar-refractivity contribution < 1.29 is 4.74 Å². The number of aryl methyl sites for hydroxylation is 1. The first-order chi connectivity index (χ1) is 9.29. The largest absolute Gasteiger partial charge is 0.382 e. The van der Waals surface area contributed by atoms with Crippen molar-refractivity contribution in [1.29, 1.82) is 5.26 Å². The minimum atomic E-state index is 0.448. The van der Waals surface area contributed by atoms with Crippen LogP contribution >= 0.6 is 0 Å². The molecule has 0 aliphatic heterocycles. The van der Waals surface area contributed by atoms with Gasteiger partial charge >= 0.3 is 0 Å². The van der Waals surface area contributed by atoms with E-state index in [1.807, 2.05) is 25.1 Å². The molecule has 0 heterocycles. The second-order valence-corrected chi connectivity index (χ2v) is 5.22. The summed E-state index contributed by atoms with van der Waals surface area (Å²) in [7, 11) is 0. The summed E-state index contributed by atoms with van der Waals surface area (Å²) in [6.07, 6.45) is 6.81. The molecule has 0 amide bonds. The SMILES string of the molecule is Cc1ccc(NCCOC2CCCCC2)c(C#N)c1. The van der Waals surface area contributed by atoms with Gasteiger partial charge in [0, 0.05) is 6.54 Å². The average molecular weight is 258 g/mol. The highest BCUT2D eigenvalue weighted by molar-refractivity contribution is 5.58. The van der Waals surface area contributed by atoms with E-state index >= 15 is 0 Å². The molecule has 0 spiro atoms. The van der Waals surface area contributed by atoms with Crippen molar-refractivity contribution >= 4 is 5.69 Å². The van der Waals surface area contributed by atoms with Gasteiger partial charge in [-0.1, -0.05) is 25.3 Å². The van der Waals surface area contributed by atoms with Gasteiger partial charge in [0.25, 0.3) is 0 Å². The molecule has 0 unspecified atom stereocenters. The van der Waals surface area contributed by atoms with Gasteiger partial charge in [0.1, 0.15) is 6.07 Å². The van der Waals surface area contributed by atoms with E-state index in [4.69, 9.17) is 10.00 Å². The van der Waals surface area contributed by atoms with Crippen LogP contribution in [-0.2, 0) is 4.74 Å². The van der Waals surface area contributed by atoms with Gasteiger partial charge in [0.2, 0.25) is 0 Å². The molecule has 1 fully saturated rings. The summed E-state index contributed by atoms with van der Waals surface area (Å²) in [5.41, 5.74) is 2.72. The molecule has 2 rings (SSSR count). The second kappa shape index (κ2) is 7.16. The number of benzene rings is 1. The van der Waals surface area contributed by atoms with Crippen LogP contribution in [0.5, 0.6) is 0 Å². The highest BCUT2D eigenvalue weighted by Crippen LogP contribution is 2.20. The highest BCUT2D eigenvalue weighted by atomic mass is 16.5. The summed E-state index contributed by atoms with van der Waals surface area (Å²) in [6, 6.07) is 8.12. The van der Waals surface area contributed by atoms with Crippen LogP contribution in [0.2, 0.25) is 0 Å². The molecule has 0 bridgehead atoms. The molecule has 3 nitrogen and oxygen atoms in total. The van der Waals surface area contributed by atoms with E-state index < -0.39 is 0 Å². The fourth-order valence-corrected chi connectivity index (χ4v) is 2.55. The summed E-state index contributed by atoms with van der Waals surface area (Å²) >= 11 is 0. The van der Waals surface area contributed by atoms with Crippen molar-refractivity contribution in [3.05, 3.63) is 29.3 Å². The van der Waals surface area contributed by atoms with Crippen LogP contribution in [0, 0.1) is 18.3 Å². The lowest BCUT2D eigenvalue weighted by Crippen LogP contribution is -2.20. The molecule has 0 aromatic heterocycles. The maximum absolute atomic E-state index is 9.08. The number of rotatable bonds is 5. The van der Waals surface area contributed by atoms with Crippen LogP contribution in [0.15, 0.2) is 18.2 Å². The number of anilines is 1. The Kier molecular flexibility index (Phi) is 5.23. The van der Waals surface area contributed by atoms with E-state index in [0.717, 1.165) is 17.8 Å². The van der Waals surface area contributed by atoms with Crippen molar-refractivity contribution in [2.45, 2.75) is 45.1 Å². The third-order valence-electron chi connectivity index (χ3n) is 3.62. The molecule has 0 saturated heterocycles. The molecule has 1 aliphatic carbocycles. The molecule has 1 saturated carbocycles. The van der Waals surface area contributed by atoms with Gasteiger partial charge in [-0.05, 0) is 37.5 Å². The smallest absolute Gasteiger partial charge is 0.101 e. The molecule has 0 atom stereocenters. The lowest BCUT2D eigenvalue weighted by molar-refractivity contribution is 0.0347. The lowest BCUT2D eigenvalue weighted by atomic mass is 9.98. The minimum Gasteiger partial charge on any atom is -0.382 e. The predicted molar refractivity (Wildman–Crippen MR) is 77.2 cm³/mol. The summed E-state index contributed by atoms with van der Waals surface area (Å²) in [5, 5.41) is 12.4. The van der Waals surface area contributed by atoms with Crippen LogP contribution in [0.4, 0.5) is 5.69 Å². The van der Waals surface area contributed by atoms with Gasteiger partial charge in [-0.2, -0.15) is 5.26 Å². The molecular formula is C16H22N2O. The Morgan fingerprint density at radius 3 is 2.84 bits per heavy atom. The first-order valence-electron chi connectivity index (χ1n) is 7.16. The third-order valence-corrected chi connectivity index (χ3v) is 3.62. The van der Waals surface area contributed by atoms with Crippen LogP contribution in [0.25, 0.3) is 0 Å². The fourth-order valence-electron chi connectivity index (χ4n) is 2.55. The molecule has 102 valence electrons. The van der Waals surface area contributed by atoms with E-state index in [9.17, 15) is 0 Å². The average Bonchev–Trinajstić information content (AvgIpc) is 2.46. The Balaban J connectivity index is 1.75. The van der Waals surface area contributed by atoms with Crippen molar-refractivity contribution in [1.82, 2.24) is 0 Å². The topological polar surface area (TPSA) is 45.0 Å². The van der Waals surface area contributed by atoms with Gasteiger partial charge in [-0.25, -0.2) is 0 Å². The molecule has 1 aliphatic rings. The maximum atomic E-state index is 9.08. The summed E-state index contributed by atoms with van der Waals surface area (Å²) in [6.45, 7) is 3.47. The monoisotopic (exact) mass is 258 g/mol.